The first kappa shape index (κ1) is 8.52. The van der Waals surface area contributed by atoms with E-state index in [1.807, 2.05) is 6.07 Å². The fourth-order valence-corrected chi connectivity index (χ4v) is 1.42. The first-order valence-electron chi connectivity index (χ1n) is 3.69. The lowest BCUT2D eigenvalue weighted by Gasteiger charge is -2.01. The highest BCUT2D eigenvalue weighted by molar-refractivity contribution is 9.09. The number of nitrogens with one attached hydrogen (secondary N) is 1. The highest BCUT2D eigenvalue weighted by atomic mass is 79.9. The number of halogens is 1. The minimum atomic E-state index is -0.449. The summed E-state index contributed by atoms with van der Waals surface area (Å²) < 4.78 is 4.87. The number of benzene rings is 1. The van der Waals surface area contributed by atoms with E-state index in [9.17, 15) is 4.79 Å². The summed E-state index contributed by atoms with van der Waals surface area (Å²) in [5, 5.41) is 0. The SMILES string of the molecule is NC(Br)c1ccc2[nH]c(=O)oc2c1. The van der Waals surface area contributed by atoms with E-state index in [0.29, 0.717) is 11.1 Å². The molecule has 0 aliphatic heterocycles. The summed E-state index contributed by atoms with van der Waals surface area (Å²) in [6.45, 7) is 0. The van der Waals surface area contributed by atoms with Gasteiger partial charge in [0.1, 0.15) is 0 Å². The molecular formula is C8H7BrN2O2. The van der Waals surface area contributed by atoms with Crippen molar-refractivity contribution in [2.45, 2.75) is 4.95 Å². The standard InChI is InChI=1S/C8H7BrN2O2/c9-7(10)4-1-2-5-6(3-4)13-8(12)11-5/h1-3,7H,10H2,(H,11,12). The number of aromatic nitrogens is 1. The normalized spacial score (nSPS) is 13.4. The highest BCUT2D eigenvalue weighted by Crippen LogP contribution is 2.20. The Hall–Kier alpha value is -1.07. The molecule has 68 valence electrons. The predicted molar refractivity (Wildman–Crippen MR) is 52.7 cm³/mol. The van der Waals surface area contributed by atoms with Gasteiger partial charge < -0.3 is 10.2 Å². The second-order valence-corrected chi connectivity index (χ2v) is 3.66. The molecule has 13 heavy (non-hydrogen) atoms. The fraction of sp³-hybridized carbons (Fsp3) is 0.125. The molecule has 0 bridgehead atoms. The maximum Gasteiger partial charge on any atom is 0.417 e. The summed E-state index contributed by atoms with van der Waals surface area (Å²) >= 11 is 3.22. The average Bonchev–Trinajstić information content (AvgIpc) is 2.42. The Morgan fingerprint density at radius 3 is 3.00 bits per heavy atom. The molecule has 0 aliphatic carbocycles. The molecule has 0 saturated heterocycles. The minimum absolute atomic E-state index is 0.239. The lowest BCUT2D eigenvalue weighted by molar-refractivity contribution is 0.555. The van der Waals surface area contributed by atoms with E-state index in [-0.39, 0.29) is 4.95 Å². The molecule has 0 fully saturated rings. The highest BCUT2D eigenvalue weighted by Gasteiger charge is 2.05. The largest absolute Gasteiger partial charge is 0.417 e. The Labute approximate surface area is 81.9 Å². The van der Waals surface area contributed by atoms with Gasteiger partial charge in [-0.3, -0.25) is 4.98 Å². The number of rotatable bonds is 1. The summed E-state index contributed by atoms with van der Waals surface area (Å²) in [5.74, 6) is -0.449. The second-order valence-electron chi connectivity index (χ2n) is 2.67. The second kappa shape index (κ2) is 3.01. The van der Waals surface area contributed by atoms with Crippen molar-refractivity contribution in [3.8, 4) is 0 Å². The van der Waals surface area contributed by atoms with Gasteiger partial charge in [-0.15, -0.1) is 0 Å². The number of oxazole rings is 1. The summed E-state index contributed by atoms with van der Waals surface area (Å²) in [6, 6.07) is 5.32. The van der Waals surface area contributed by atoms with Crippen molar-refractivity contribution in [3.63, 3.8) is 0 Å². The molecule has 1 aromatic carbocycles. The van der Waals surface area contributed by atoms with E-state index in [2.05, 4.69) is 20.9 Å². The van der Waals surface area contributed by atoms with Crippen LogP contribution in [0.5, 0.6) is 0 Å². The molecule has 1 atom stereocenters. The molecule has 1 unspecified atom stereocenters. The van der Waals surface area contributed by atoms with Gasteiger partial charge in [-0.2, -0.15) is 0 Å². The number of nitrogens with two attached hydrogens (primary N) is 1. The van der Waals surface area contributed by atoms with Crippen LogP contribution in [-0.2, 0) is 0 Å². The molecule has 0 amide bonds. The van der Waals surface area contributed by atoms with Crippen LogP contribution in [0.4, 0.5) is 0 Å². The van der Waals surface area contributed by atoms with Crippen molar-refractivity contribution in [1.82, 2.24) is 4.98 Å². The smallest absolute Gasteiger partial charge is 0.408 e. The third kappa shape index (κ3) is 1.52. The van der Waals surface area contributed by atoms with Gasteiger partial charge in [0.15, 0.2) is 5.58 Å². The van der Waals surface area contributed by atoms with Crippen molar-refractivity contribution in [3.05, 3.63) is 34.3 Å². The van der Waals surface area contributed by atoms with E-state index in [4.69, 9.17) is 10.2 Å². The Kier molecular flexibility index (Phi) is 1.97. The average molecular weight is 243 g/mol. The van der Waals surface area contributed by atoms with Crippen molar-refractivity contribution >= 4 is 27.0 Å². The van der Waals surface area contributed by atoms with E-state index >= 15 is 0 Å². The molecule has 1 heterocycles. The van der Waals surface area contributed by atoms with Crippen LogP contribution >= 0.6 is 15.9 Å². The van der Waals surface area contributed by atoms with E-state index in [1.54, 1.807) is 12.1 Å². The molecule has 0 radical (unpaired) electrons. The molecule has 5 heteroatoms. The number of hydrogen-bond acceptors (Lipinski definition) is 3. The van der Waals surface area contributed by atoms with Crippen LogP contribution in [-0.4, -0.2) is 4.98 Å². The number of aromatic amines is 1. The molecule has 0 aliphatic rings. The van der Waals surface area contributed by atoms with Crippen LogP contribution in [0.1, 0.15) is 10.5 Å². The Bertz CT molecular complexity index is 486. The predicted octanol–water partition coefficient (Wildman–Crippen LogP) is 1.47. The monoisotopic (exact) mass is 242 g/mol. The zero-order chi connectivity index (χ0) is 9.42. The third-order valence-electron chi connectivity index (χ3n) is 1.76. The van der Waals surface area contributed by atoms with Gasteiger partial charge in [0.2, 0.25) is 0 Å². The van der Waals surface area contributed by atoms with Crippen molar-refractivity contribution in [1.29, 1.82) is 0 Å². The summed E-state index contributed by atoms with van der Waals surface area (Å²) in [4.78, 5) is 13.1. The molecular weight excluding hydrogens is 236 g/mol. The lowest BCUT2D eigenvalue weighted by Crippen LogP contribution is -2.00. The minimum Gasteiger partial charge on any atom is -0.408 e. The van der Waals surface area contributed by atoms with Gasteiger partial charge in [0.05, 0.1) is 10.5 Å². The van der Waals surface area contributed by atoms with Gasteiger partial charge >= 0.3 is 5.76 Å². The Morgan fingerprint density at radius 2 is 2.31 bits per heavy atom. The van der Waals surface area contributed by atoms with Gasteiger partial charge in [-0.25, -0.2) is 4.79 Å². The Balaban J connectivity index is 2.68. The van der Waals surface area contributed by atoms with E-state index < -0.39 is 5.76 Å². The van der Waals surface area contributed by atoms with Crippen molar-refractivity contribution in [2.24, 2.45) is 5.73 Å². The first-order chi connectivity index (χ1) is 6.16. The van der Waals surface area contributed by atoms with Crippen LogP contribution in [0.2, 0.25) is 0 Å². The van der Waals surface area contributed by atoms with Crippen molar-refractivity contribution in [2.75, 3.05) is 0 Å². The summed E-state index contributed by atoms with van der Waals surface area (Å²) in [5.41, 5.74) is 7.68. The van der Waals surface area contributed by atoms with Crippen molar-refractivity contribution < 1.29 is 4.42 Å². The first-order valence-corrected chi connectivity index (χ1v) is 4.61. The number of fused-ring (bicyclic) bond motifs is 1. The maximum atomic E-state index is 10.8. The van der Waals surface area contributed by atoms with Crippen LogP contribution < -0.4 is 11.5 Å². The molecule has 0 saturated carbocycles. The van der Waals surface area contributed by atoms with Gasteiger partial charge in [-0.05, 0) is 17.7 Å². The number of hydrogen-bond donors (Lipinski definition) is 2. The molecule has 4 nitrogen and oxygen atoms in total. The Morgan fingerprint density at radius 1 is 1.54 bits per heavy atom. The van der Waals surface area contributed by atoms with Crippen LogP contribution in [0, 0.1) is 0 Å². The van der Waals surface area contributed by atoms with Crippen LogP contribution in [0.15, 0.2) is 27.4 Å². The lowest BCUT2D eigenvalue weighted by atomic mass is 10.2. The van der Waals surface area contributed by atoms with Gasteiger partial charge in [-0.1, -0.05) is 22.0 Å². The molecule has 2 aromatic rings. The molecule has 2 rings (SSSR count). The summed E-state index contributed by atoms with van der Waals surface area (Å²) in [7, 11) is 0. The van der Waals surface area contributed by atoms with Crippen LogP contribution in [0.3, 0.4) is 0 Å². The third-order valence-corrected chi connectivity index (χ3v) is 2.29. The number of H-pyrrole nitrogens is 1. The quantitative estimate of drug-likeness (QED) is 0.588. The molecule has 1 aromatic heterocycles. The molecule has 3 N–H and O–H groups in total. The zero-order valence-corrected chi connectivity index (χ0v) is 8.17. The zero-order valence-electron chi connectivity index (χ0n) is 6.58. The van der Waals surface area contributed by atoms with Gasteiger partial charge in [0.25, 0.3) is 0 Å². The molecule has 0 spiro atoms. The summed E-state index contributed by atoms with van der Waals surface area (Å²) in [6.07, 6.45) is 0. The number of alkyl halides is 1. The van der Waals surface area contributed by atoms with E-state index in [1.165, 1.54) is 0 Å². The van der Waals surface area contributed by atoms with Gasteiger partial charge in [0, 0.05) is 0 Å². The maximum absolute atomic E-state index is 10.8. The fourth-order valence-electron chi connectivity index (χ4n) is 1.13. The van der Waals surface area contributed by atoms with Crippen LogP contribution in [0.25, 0.3) is 11.1 Å². The topological polar surface area (TPSA) is 72.0 Å². The van der Waals surface area contributed by atoms with E-state index in [0.717, 1.165) is 5.56 Å².